The number of piperidine rings is 1. The van der Waals surface area contributed by atoms with E-state index in [-0.39, 0.29) is 17.6 Å². The zero-order valence-corrected chi connectivity index (χ0v) is 22.9. The minimum absolute atomic E-state index is 0.159. The van der Waals surface area contributed by atoms with Gasteiger partial charge in [-0.25, -0.2) is 0 Å². The summed E-state index contributed by atoms with van der Waals surface area (Å²) in [4.78, 5) is 30.6. The number of likely N-dealkylation sites (N-methyl/N-ethyl adjacent to an activating group) is 1. The smallest absolute Gasteiger partial charge is 0.292 e. The molecule has 8 heteroatoms. The molecule has 1 spiro atoms. The topological polar surface area (TPSA) is 85.1 Å². The van der Waals surface area contributed by atoms with Gasteiger partial charge >= 0.3 is 0 Å². The van der Waals surface area contributed by atoms with Gasteiger partial charge in [0.15, 0.2) is 0 Å². The first kappa shape index (κ1) is 26.8. The quantitative estimate of drug-likeness (QED) is 0.460. The van der Waals surface area contributed by atoms with Crippen LogP contribution >= 0.6 is 0 Å². The molecule has 1 saturated heterocycles. The molecule has 1 fully saturated rings. The molecular weight excluding hydrogens is 494 g/mol. The number of benzene rings is 2. The number of para-hydroxylation sites is 1. The van der Waals surface area contributed by atoms with Gasteiger partial charge in [0.1, 0.15) is 23.8 Å². The lowest BCUT2D eigenvalue weighted by molar-refractivity contribution is -0.144. The molecule has 0 radical (unpaired) electrons. The van der Waals surface area contributed by atoms with E-state index < -0.39 is 5.41 Å². The Labute approximate surface area is 229 Å². The van der Waals surface area contributed by atoms with Gasteiger partial charge in [-0.3, -0.25) is 9.59 Å². The van der Waals surface area contributed by atoms with Gasteiger partial charge in [-0.15, -0.1) is 0 Å². The summed E-state index contributed by atoms with van der Waals surface area (Å²) in [5, 5.41) is 4.11. The van der Waals surface area contributed by atoms with Crippen LogP contribution in [0.25, 0.3) is 11.3 Å². The van der Waals surface area contributed by atoms with Crippen molar-refractivity contribution >= 4 is 11.8 Å². The summed E-state index contributed by atoms with van der Waals surface area (Å²) < 4.78 is 16.7. The van der Waals surface area contributed by atoms with Crippen LogP contribution in [0.4, 0.5) is 0 Å². The molecule has 0 aliphatic carbocycles. The van der Waals surface area contributed by atoms with Crippen molar-refractivity contribution in [2.45, 2.75) is 44.9 Å². The average Bonchev–Trinajstić information content (AvgIpc) is 3.47. The molecule has 0 saturated carbocycles. The third-order valence-electron chi connectivity index (χ3n) is 8.17. The van der Waals surface area contributed by atoms with E-state index in [0.717, 1.165) is 49.2 Å². The second-order valence-electron chi connectivity index (χ2n) is 10.6. The number of carbonyl (C=O) groups is 2. The lowest BCUT2D eigenvalue weighted by Crippen LogP contribution is -2.51. The third-order valence-corrected chi connectivity index (χ3v) is 8.17. The number of hydrogen-bond donors (Lipinski definition) is 0. The number of methoxy groups -OCH3 is 1. The highest BCUT2D eigenvalue weighted by atomic mass is 16.5. The van der Waals surface area contributed by atoms with Crippen molar-refractivity contribution in [3.63, 3.8) is 0 Å². The van der Waals surface area contributed by atoms with Crippen LogP contribution in [-0.4, -0.2) is 67.2 Å². The van der Waals surface area contributed by atoms with Crippen molar-refractivity contribution in [2.75, 3.05) is 40.4 Å². The fourth-order valence-electron chi connectivity index (χ4n) is 5.74. The molecule has 0 bridgehead atoms. The Hall–Kier alpha value is -3.81. The Bertz CT molecular complexity index is 1280. The van der Waals surface area contributed by atoms with E-state index in [1.54, 1.807) is 18.1 Å². The van der Waals surface area contributed by atoms with Crippen molar-refractivity contribution in [3.05, 3.63) is 65.9 Å². The summed E-state index contributed by atoms with van der Waals surface area (Å²) >= 11 is 0. The van der Waals surface area contributed by atoms with E-state index in [2.05, 4.69) is 17.3 Å². The molecule has 0 N–H and O–H groups in total. The first-order chi connectivity index (χ1) is 19.0. The largest absolute Gasteiger partial charge is 0.497 e. The Kier molecular flexibility index (Phi) is 8.19. The maximum absolute atomic E-state index is 13.8. The Balaban J connectivity index is 1.24. The zero-order chi connectivity index (χ0) is 27.2. The number of aromatic nitrogens is 1. The Morgan fingerprint density at radius 3 is 2.51 bits per heavy atom. The highest BCUT2D eigenvalue weighted by Gasteiger charge is 2.43. The molecule has 1 aromatic heterocycles. The normalized spacial score (nSPS) is 18.4. The highest BCUT2D eigenvalue weighted by molar-refractivity contribution is 5.93. The number of likely N-dealkylation sites (tertiary alicyclic amines) is 1. The van der Waals surface area contributed by atoms with E-state index in [4.69, 9.17) is 14.0 Å². The van der Waals surface area contributed by atoms with Gasteiger partial charge in [-0.05, 0) is 68.0 Å². The van der Waals surface area contributed by atoms with Crippen LogP contribution in [0.2, 0.25) is 0 Å². The SMILES string of the molecule is COc1ccc(-c2cc(C(=O)N3CCC4(CCCCCc5ccccc5OCCN(C)C4=O)CC3)on2)cc1. The molecule has 206 valence electrons. The molecule has 8 nitrogen and oxygen atoms in total. The molecule has 2 aliphatic rings. The second-order valence-corrected chi connectivity index (χ2v) is 10.6. The van der Waals surface area contributed by atoms with Gasteiger partial charge in [-0.1, -0.05) is 36.2 Å². The first-order valence-electron chi connectivity index (χ1n) is 13.9. The number of rotatable bonds is 3. The standard InChI is InChI=1S/C31H37N3O5/c1-33-20-21-38-27-10-6-5-9-24(27)8-4-3-7-15-31(30(33)36)16-18-34(19-17-31)29(35)28-22-26(32-39-28)23-11-13-25(37-2)14-12-23/h5-6,9-14,22H,3-4,7-8,15-21H2,1-2H3. The van der Waals surface area contributed by atoms with Crippen LogP contribution in [0.15, 0.2) is 59.1 Å². The summed E-state index contributed by atoms with van der Waals surface area (Å²) in [5.41, 5.74) is 2.23. The monoisotopic (exact) mass is 531 g/mol. The second kappa shape index (κ2) is 11.9. The van der Waals surface area contributed by atoms with E-state index in [1.807, 2.05) is 48.3 Å². The van der Waals surface area contributed by atoms with Crippen LogP contribution in [0.1, 0.15) is 54.6 Å². The van der Waals surface area contributed by atoms with E-state index in [9.17, 15) is 9.59 Å². The zero-order valence-electron chi connectivity index (χ0n) is 22.9. The number of amides is 2. The summed E-state index contributed by atoms with van der Waals surface area (Å²) in [6.45, 7) is 2.02. The fourth-order valence-corrected chi connectivity index (χ4v) is 5.74. The van der Waals surface area contributed by atoms with Crippen molar-refractivity contribution in [2.24, 2.45) is 5.41 Å². The molecule has 2 aromatic carbocycles. The van der Waals surface area contributed by atoms with Crippen LogP contribution in [0.3, 0.4) is 0 Å². The number of carbonyl (C=O) groups excluding carboxylic acids is 2. The molecule has 0 unspecified atom stereocenters. The van der Waals surface area contributed by atoms with Crippen LogP contribution in [0.5, 0.6) is 11.5 Å². The third kappa shape index (κ3) is 5.95. The van der Waals surface area contributed by atoms with E-state index >= 15 is 0 Å². The first-order valence-corrected chi connectivity index (χ1v) is 13.9. The lowest BCUT2D eigenvalue weighted by atomic mass is 9.73. The predicted octanol–water partition coefficient (Wildman–Crippen LogP) is 5.23. The van der Waals surface area contributed by atoms with Gasteiger partial charge in [0.05, 0.1) is 19.1 Å². The van der Waals surface area contributed by atoms with Gasteiger partial charge in [-0.2, -0.15) is 0 Å². The summed E-state index contributed by atoms with van der Waals surface area (Å²) in [5.74, 6) is 1.86. The van der Waals surface area contributed by atoms with Crippen molar-refractivity contribution in [1.82, 2.24) is 15.0 Å². The lowest BCUT2D eigenvalue weighted by Gasteiger charge is -2.42. The number of hydrogen-bond acceptors (Lipinski definition) is 6. The van der Waals surface area contributed by atoms with Gasteiger partial charge < -0.3 is 23.8 Å². The van der Waals surface area contributed by atoms with Gasteiger partial charge in [0, 0.05) is 31.8 Å². The highest BCUT2D eigenvalue weighted by Crippen LogP contribution is 2.39. The van der Waals surface area contributed by atoms with Gasteiger partial charge in [0.25, 0.3) is 5.91 Å². The van der Waals surface area contributed by atoms with Crippen molar-refractivity contribution in [1.29, 1.82) is 0 Å². The Morgan fingerprint density at radius 2 is 1.74 bits per heavy atom. The molecule has 0 atom stereocenters. The summed E-state index contributed by atoms with van der Waals surface area (Å²) in [6, 6.07) is 17.3. The number of ether oxygens (including phenoxy) is 2. The molecule has 2 amide bonds. The average molecular weight is 532 g/mol. The number of nitrogens with zero attached hydrogens (tertiary/aromatic N) is 3. The molecule has 3 aromatic rings. The predicted molar refractivity (Wildman–Crippen MR) is 148 cm³/mol. The number of fused-ring (bicyclic) bond motifs is 1. The molecule has 2 aliphatic heterocycles. The molecule has 5 rings (SSSR count). The van der Waals surface area contributed by atoms with Crippen molar-refractivity contribution in [3.8, 4) is 22.8 Å². The Morgan fingerprint density at radius 1 is 0.974 bits per heavy atom. The van der Waals surface area contributed by atoms with Gasteiger partial charge in [0.2, 0.25) is 11.7 Å². The van der Waals surface area contributed by atoms with Crippen LogP contribution in [-0.2, 0) is 11.2 Å². The molecule has 3 heterocycles. The minimum atomic E-state index is -0.456. The molecular formula is C31H37N3O5. The molecule has 39 heavy (non-hydrogen) atoms. The van der Waals surface area contributed by atoms with Crippen molar-refractivity contribution < 1.29 is 23.6 Å². The minimum Gasteiger partial charge on any atom is -0.497 e. The fraction of sp³-hybridized carbons (Fsp3) is 0.452. The number of aryl methyl sites for hydroxylation is 1. The van der Waals surface area contributed by atoms with E-state index in [0.29, 0.717) is 44.8 Å². The summed E-state index contributed by atoms with van der Waals surface area (Å²) in [7, 11) is 3.49. The maximum Gasteiger partial charge on any atom is 0.292 e. The van der Waals surface area contributed by atoms with E-state index in [1.165, 1.54) is 5.56 Å². The summed E-state index contributed by atoms with van der Waals surface area (Å²) in [6.07, 6.45) is 6.21. The maximum atomic E-state index is 13.8. The van der Waals surface area contributed by atoms with Crippen LogP contribution < -0.4 is 9.47 Å². The van der Waals surface area contributed by atoms with Crippen LogP contribution in [0, 0.1) is 5.41 Å².